The molecule has 2 unspecified atom stereocenters. The summed E-state index contributed by atoms with van der Waals surface area (Å²) in [6.07, 6.45) is 2.65. The van der Waals surface area contributed by atoms with Crippen LogP contribution < -0.4 is 5.32 Å². The molecule has 1 aromatic carbocycles. The number of hydrogen-bond acceptors (Lipinski definition) is 4. The number of fused-ring (bicyclic) bond motifs is 1. The Balaban J connectivity index is 1.64. The van der Waals surface area contributed by atoms with E-state index in [0.29, 0.717) is 12.1 Å². The standard InChI is InChI=1S/C15H21N3S/c1-11(16-10-12-6-5-9-18(12)2)15-17-13-7-3-4-8-14(13)19-15/h3-4,7-8,11-12,16H,5-6,9-10H2,1-2H3. The summed E-state index contributed by atoms with van der Waals surface area (Å²) in [6, 6.07) is 9.40. The lowest BCUT2D eigenvalue weighted by Crippen LogP contribution is -2.36. The van der Waals surface area contributed by atoms with E-state index < -0.39 is 0 Å². The predicted molar refractivity (Wildman–Crippen MR) is 81.7 cm³/mol. The van der Waals surface area contributed by atoms with Gasteiger partial charge in [-0.05, 0) is 45.5 Å². The van der Waals surface area contributed by atoms with Crippen LogP contribution in [0.25, 0.3) is 10.2 Å². The number of benzene rings is 1. The minimum absolute atomic E-state index is 0.339. The molecule has 3 rings (SSSR count). The minimum atomic E-state index is 0.339. The monoisotopic (exact) mass is 275 g/mol. The molecule has 2 heterocycles. The van der Waals surface area contributed by atoms with E-state index in [4.69, 9.17) is 4.98 Å². The zero-order valence-electron chi connectivity index (χ0n) is 11.6. The van der Waals surface area contributed by atoms with Gasteiger partial charge in [0.05, 0.1) is 16.3 Å². The lowest BCUT2D eigenvalue weighted by atomic mass is 10.2. The van der Waals surface area contributed by atoms with E-state index >= 15 is 0 Å². The first-order valence-electron chi connectivity index (χ1n) is 7.03. The van der Waals surface area contributed by atoms with Gasteiger partial charge < -0.3 is 10.2 Å². The van der Waals surface area contributed by atoms with E-state index in [1.54, 1.807) is 11.3 Å². The van der Waals surface area contributed by atoms with E-state index in [0.717, 1.165) is 12.1 Å². The normalized spacial score (nSPS) is 22.1. The van der Waals surface area contributed by atoms with Crippen LogP contribution in [0.3, 0.4) is 0 Å². The van der Waals surface area contributed by atoms with Gasteiger partial charge in [0.25, 0.3) is 0 Å². The summed E-state index contributed by atoms with van der Waals surface area (Å²) in [5.74, 6) is 0. The van der Waals surface area contributed by atoms with Gasteiger partial charge in [0, 0.05) is 12.6 Å². The van der Waals surface area contributed by atoms with Crippen LogP contribution in [0.4, 0.5) is 0 Å². The second kappa shape index (κ2) is 5.57. The number of thiazole rings is 1. The molecule has 0 aliphatic carbocycles. The molecule has 0 bridgehead atoms. The minimum Gasteiger partial charge on any atom is -0.307 e. The van der Waals surface area contributed by atoms with Crippen molar-refractivity contribution >= 4 is 21.6 Å². The molecule has 4 heteroatoms. The maximum Gasteiger partial charge on any atom is 0.111 e. The molecule has 1 fully saturated rings. The number of hydrogen-bond donors (Lipinski definition) is 1. The summed E-state index contributed by atoms with van der Waals surface area (Å²) in [6.45, 7) is 4.52. The molecule has 19 heavy (non-hydrogen) atoms. The van der Waals surface area contributed by atoms with Gasteiger partial charge in [0.1, 0.15) is 5.01 Å². The number of aromatic nitrogens is 1. The molecule has 1 aliphatic heterocycles. The summed E-state index contributed by atoms with van der Waals surface area (Å²) in [4.78, 5) is 7.18. The molecule has 0 saturated carbocycles. The third-order valence-electron chi connectivity index (χ3n) is 4.01. The fourth-order valence-electron chi connectivity index (χ4n) is 2.71. The Morgan fingerprint density at radius 3 is 3.05 bits per heavy atom. The Hall–Kier alpha value is -0.970. The lowest BCUT2D eigenvalue weighted by Gasteiger charge is -2.21. The highest BCUT2D eigenvalue weighted by atomic mass is 32.1. The highest BCUT2D eigenvalue weighted by Crippen LogP contribution is 2.26. The quantitative estimate of drug-likeness (QED) is 0.929. The SMILES string of the molecule is CC(NCC1CCCN1C)c1nc2ccccc2s1. The van der Waals surface area contributed by atoms with Crippen molar-refractivity contribution in [1.29, 1.82) is 0 Å². The zero-order valence-corrected chi connectivity index (χ0v) is 12.4. The average molecular weight is 275 g/mol. The maximum absolute atomic E-state index is 4.72. The topological polar surface area (TPSA) is 28.2 Å². The summed E-state index contributed by atoms with van der Waals surface area (Å²) in [5, 5.41) is 4.83. The molecular formula is C15H21N3S. The zero-order chi connectivity index (χ0) is 13.2. The van der Waals surface area contributed by atoms with Crippen LogP contribution in [0.2, 0.25) is 0 Å². The Bertz CT molecular complexity index is 518. The van der Waals surface area contributed by atoms with E-state index in [-0.39, 0.29) is 0 Å². The number of nitrogens with one attached hydrogen (secondary N) is 1. The Labute approximate surface area is 118 Å². The van der Waals surface area contributed by atoms with Gasteiger partial charge >= 0.3 is 0 Å². The number of para-hydroxylation sites is 1. The van der Waals surface area contributed by atoms with E-state index in [2.05, 4.69) is 48.5 Å². The van der Waals surface area contributed by atoms with Crippen LogP contribution in [0.1, 0.15) is 30.8 Å². The molecule has 1 saturated heterocycles. The second-order valence-electron chi connectivity index (χ2n) is 5.43. The van der Waals surface area contributed by atoms with Crippen molar-refractivity contribution in [2.45, 2.75) is 31.8 Å². The summed E-state index contributed by atoms with van der Waals surface area (Å²) < 4.78 is 1.28. The highest BCUT2D eigenvalue weighted by Gasteiger charge is 2.21. The molecule has 1 aromatic heterocycles. The van der Waals surface area contributed by atoms with Gasteiger partial charge in [-0.2, -0.15) is 0 Å². The van der Waals surface area contributed by atoms with Crippen molar-refractivity contribution in [3.63, 3.8) is 0 Å². The number of likely N-dealkylation sites (N-methyl/N-ethyl adjacent to an activating group) is 1. The van der Waals surface area contributed by atoms with Crippen molar-refractivity contribution in [2.75, 3.05) is 20.1 Å². The fraction of sp³-hybridized carbons (Fsp3) is 0.533. The van der Waals surface area contributed by atoms with E-state index in [1.165, 1.54) is 29.1 Å². The molecular weight excluding hydrogens is 254 g/mol. The number of nitrogens with zero attached hydrogens (tertiary/aromatic N) is 2. The molecule has 1 N–H and O–H groups in total. The summed E-state index contributed by atoms with van der Waals surface area (Å²) in [5.41, 5.74) is 1.12. The smallest absolute Gasteiger partial charge is 0.111 e. The number of rotatable bonds is 4. The maximum atomic E-state index is 4.72. The summed E-state index contributed by atoms with van der Waals surface area (Å²) in [7, 11) is 2.22. The highest BCUT2D eigenvalue weighted by molar-refractivity contribution is 7.18. The van der Waals surface area contributed by atoms with Crippen LogP contribution >= 0.6 is 11.3 Å². The van der Waals surface area contributed by atoms with Crippen molar-refractivity contribution < 1.29 is 0 Å². The molecule has 0 spiro atoms. The molecule has 1 aliphatic rings. The first kappa shape index (κ1) is 13.0. The van der Waals surface area contributed by atoms with Crippen LogP contribution in [0.5, 0.6) is 0 Å². The fourth-order valence-corrected chi connectivity index (χ4v) is 3.71. The largest absolute Gasteiger partial charge is 0.307 e. The molecule has 3 nitrogen and oxygen atoms in total. The molecule has 0 amide bonds. The predicted octanol–water partition coefficient (Wildman–Crippen LogP) is 3.04. The van der Waals surface area contributed by atoms with Crippen LogP contribution in [-0.4, -0.2) is 36.1 Å². The lowest BCUT2D eigenvalue weighted by molar-refractivity contribution is 0.293. The van der Waals surface area contributed by atoms with Gasteiger partial charge in [0.15, 0.2) is 0 Å². The van der Waals surface area contributed by atoms with Crippen molar-refractivity contribution in [3.05, 3.63) is 29.3 Å². The van der Waals surface area contributed by atoms with E-state index in [1.807, 2.05) is 0 Å². The Morgan fingerprint density at radius 2 is 2.32 bits per heavy atom. The first-order chi connectivity index (χ1) is 9.24. The third-order valence-corrected chi connectivity index (χ3v) is 5.23. The van der Waals surface area contributed by atoms with Crippen molar-refractivity contribution in [2.24, 2.45) is 0 Å². The molecule has 2 aromatic rings. The van der Waals surface area contributed by atoms with Crippen LogP contribution in [-0.2, 0) is 0 Å². The van der Waals surface area contributed by atoms with Crippen LogP contribution in [0.15, 0.2) is 24.3 Å². The third kappa shape index (κ3) is 2.81. The molecule has 102 valence electrons. The van der Waals surface area contributed by atoms with Gasteiger partial charge in [-0.15, -0.1) is 11.3 Å². The average Bonchev–Trinajstić information content (AvgIpc) is 3.01. The van der Waals surface area contributed by atoms with E-state index in [9.17, 15) is 0 Å². The van der Waals surface area contributed by atoms with Crippen LogP contribution in [0, 0.1) is 0 Å². The summed E-state index contributed by atoms with van der Waals surface area (Å²) >= 11 is 1.80. The second-order valence-corrected chi connectivity index (χ2v) is 6.49. The van der Waals surface area contributed by atoms with Gasteiger partial charge in [-0.3, -0.25) is 0 Å². The van der Waals surface area contributed by atoms with Gasteiger partial charge in [-0.1, -0.05) is 12.1 Å². The first-order valence-corrected chi connectivity index (χ1v) is 7.85. The molecule has 0 radical (unpaired) electrons. The number of likely N-dealkylation sites (tertiary alicyclic amines) is 1. The van der Waals surface area contributed by atoms with Crippen molar-refractivity contribution in [3.8, 4) is 0 Å². The Morgan fingerprint density at radius 1 is 1.47 bits per heavy atom. The Kier molecular flexibility index (Phi) is 3.82. The molecule has 2 atom stereocenters. The van der Waals surface area contributed by atoms with Gasteiger partial charge in [0.2, 0.25) is 0 Å². The van der Waals surface area contributed by atoms with Crippen molar-refractivity contribution in [1.82, 2.24) is 15.2 Å². The van der Waals surface area contributed by atoms with Gasteiger partial charge in [-0.25, -0.2) is 4.98 Å².